The van der Waals surface area contributed by atoms with Gasteiger partial charge in [0, 0.05) is 31.4 Å². The number of nitrogens with zero attached hydrogens (tertiary/aromatic N) is 4. The monoisotopic (exact) mass is 232 g/mol. The van der Waals surface area contributed by atoms with E-state index in [1.54, 1.807) is 24.1 Å². The highest BCUT2D eigenvalue weighted by atomic mass is 16.4. The van der Waals surface area contributed by atoms with Crippen LogP contribution < -0.4 is 0 Å². The molecule has 0 saturated heterocycles. The van der Waals surface area contributed by atoms with Crippen LogP contribution >= 0.6 is 0 Å². The van der Waals surface area contributed by atoms with Gasteiger partial charge in [0.1, 0.15) is 0 Å². The van der Waals surface area contributed by atoms with E-state index in [2.05, 4.69) is 15.1 Å². The number of carboxylic acids is 1. The Labute approximate surface area is 98.0 Å². The molecule has 2 heterocycles. The van der Waals surface area contributed by atoms with E-state index in [1.807, 2.05) is 12.1 Å². The molecule has 0 unspecified atom stereocenters. The van der Waals surface area contributed by atoms with E-state index >= 15 is 0 Å². The fourth-order valence-corrected chi connectivity index (χ4v) is 1.51. The molecule has 0 atom stereocenters. The van der Waals surface area contributed by atoms with Gasteiger partial charge in [0.2, 0.25) is 0 Å². The van der Waals surface area contributed by atoms with Crippen LogP contribution in [0.2, 0.25) is 0 Å². The second-order valence-electron chi connectivity index (χ2n) is 3.61. The largest absolute Gasteiger partial charge is 0.481 e. The van der Waals surface area contributed by atoms with Crippen molar-refractivity contribution in [1.82, 2.24) is 19.7 Å². The number of aromatic nitrogens is 4. The summed E-state index contributed by atoms with van der Waals surface area (Å²) in [6.45, 7) is 0. The van der Waals surface area contributed by atoms with E-state index in [0.717, 1.165) is 5.56 Å². The lowest BCUT2D eigenvalue weighted by molar-refractivity contribution is -0.137. The number of rotatable bonds is 4. The molecule has 0 aromatic carbocycles. The zero-order valence-electron chi connectivity index (χ0n) is 9.37. The van der Waals surface area contributed by atoms with Gasteiger partial charge in [0.25, 0.3) is 0 Å². The molecule has 88 valence electrons. The van der Waals surface area contributed by atoms with Crippen molar-refractivity contribution in [3.8, 4) is 11.4 Å². The SMILES string of the molecule is Cn1nc(CCC(=O)O)nc1-c1cccnc1. The molecule has 0 fully saturated rings. The summed E-state index contributed by atoms with van der Waals surface area (Å²) in [6.07, 6.45) is 3.76. The molecule has 0 spiro atoms. The maximum atomic E-state index is 10.5. The molecule has 2 aromatic rings. The van der Waals surface area contributed by atoms with E-state index in [9.17, 15) is 4.79 Å². The van der Waals surface area contributed by atoms with Gasteiger partial charge in [-0.05, 0) is 12.1 Å². The third kappa shape index (κ3) is 2.66. The van der Waals surface area contributed by atoms with Gasteiger partial charge >= 0.3 is 5.97 Å². The van der Waals surface area contributed by atoms with Crippen molar-refractivity contribution >= 4 is 5.97 Å². The number of aryl methyl sites for hydroxylation is 2. The van der Waals surface area contributed by atoms with E-state index < -0.39 is 5.97 Å². The van der Waals surface area contributed by atoms with E-state index in [4.69, 9.17) is 5.11 Å². The van der Waals surface area contributed by atoms with Crippen molar-refractivity contribution in [2.75, 3.05) is 0 Å². The van der Waals surface area contributed by atoms with Crippen molar-refractivity contribution in [2.45, 2.75) is 12.8 Å². The standard InChI is InChI=1S/C11H12N4O2/c1-15-11(8-3-2-6-12-7-8)13-9(14-15)4-5-10(16)17/h2-3,6-7H,4-5H2,1H3,(H,16,17). The Morgan fingerprint density at radius 1 is 1.53 bits per heavy atom. The van der Waals surface area contributed by atoms with Crippen LogP contribution in [0.1, 0.15) is 12.2 Å². The minimum atomic E-state index is -0.847. The molecule has 0 amide bonds. The Morgan fingerprint density at radius 2 is 2.35 bits per heavy atom. The smallest absolute Gasteiger partial charge is 0.303 e. The average molecular weight is 232 g/mol. The fourth-order valence-electron chi connectivity index (χ4n) is 1.51. The lowest BCUT2D eigenvalue weighted by atomic mass is 10.2. The Morgan fingerprint density at radius 3 is 3.00 bits per heavy atom. The van der Waals surface area contributed by atoms with Crippen LogP contribution in [0.4, 0.5) is 0 Å². The number of carboxylic acid groups (broad SMARTS) is 1. The summed E-state index contributed by atoms with van der Waals surface area (Å²) in [5, 5.41) is 12.8. The highest BCUT2D eigenvalue weighted by Gasteiger charge is 2.10. The van der Waals surface area contributed by atoms with Crippen LogP contribution in [-0.4, -0.2) is 30.8 Å². The average Bonchev–Trinajstić information content (AvgIpc) is 2.69. The molecule has 0 aliphatic heterocycles. The molecule has 17 heavy (non-hydrogen) atoms. The minimum Gasteiger partial charge on any atom is -0.481 e. The van der Waals surface area contributed by atoms with Gasteiger partial charge in [0.05, 0.1) is 6.42 Å². The van der Waals surface area contributed by atoms with Gasteiger partial charge in [0.15, 0.2) is 11.6 Å². The first-order valence-electron chi connectivity index (χ1n) is 5.19. The number of pyridine rings is 1. The highest BCUT2D eigenvalue weighted by molar-refractivity contribution is 5.66. The lowest BCUT2D eigenvalue weighted by Gasteiger charge is -1.97. The zero-order valence-corrected chi connectivity index (χ0v) is 9.37. The van der Waals surface area contributed by atoms with Crippen molar-refractivity contribution in [3.05, 3.63) is 30.4 Å². The van der Waals surface area contributed by atoms with Gasteiger partial charge < -0.3 is 5.11 Å². The molecule has 2 rings (SSSR count). The van der Waals surface area contributed by atoms with Crippen molar-refractivity contribution in [1.29, 1.82) is 0 Å². The van der Waals surface area contributed by atoms with Gasteiger partial charge in [-0.1, -0.05) is 0 Å². The Balaban J connectivity index is 2.22. The second-order valence-corrected chi connectivity index (χ2v) is 3.61. The van der Waals surface area contributed by atoms with E-state index in [0.29, 0.717) is 18.1 Å². The van der Waals surface area contributed by atoms with Gasteiger partial charge in [-0.15, -0.1) is 0 Å². The lowest BCUT2D eigenvalue weighted by Crippen LogP contribution is -1.99. The molecule has 1 N–H and O–H groups in total. The summed E-state index contributed by atoms with van der Waals surface area (Å²) in [6, 6.07) is 3.71. The Kier molecular flexibility index (Phi) is 3.13. The summed E-state index contributed by atoms with van der Waals surface area (Å²) in [4.78, 5) is 18.8. The molecule has 6 heteroatoms. The van der Waals surface area contributed by atoms with E-state index in [1.165, 1.54) is 0 Å². The summed E-state index contributed by atoms with van der Waals surface area (Å²) < 4.78 is 1.63. The van der Waals surface area contributed by atoms with Gasteiger partial charge in [-0.25, -0.2) is 9.67 Å². The fraction of sp³-hybridized carbons (Fsp3) is 0.273. The van der Waals surface area contributed by atoms with Crippen molar-refractivity contribution in [3.63, 3.8) is 0 Å². The number of carbonyl (C=O) groups is 1. The highest BCUT2D eigenvalue weighted by Crippen LogP contribution is 2.15. The van der Waals surface area contributed by atoms with Crippen molar-refractivity contribution in [2.24, 2.45) is 7.05 Å². The molecule has 0 saturated carbocycles. The Bertz CT molecular complexity index is 522. The summed E-state index contributed by atoms with van der Waals surface area (Å²) in [5.41, 5.74) is 0.865. The maximum absolute atomic E-state index is 10.5. The normalized spacial score (nSPS) is 10.4. The first kappa shape index (κ1) is 11.3. The molecule has 6 nitrogen and oxygen atoms in total. The van der Waals surface area contributed by atoms with Crippen LogP contribution in [-0.2, 0) is 18.3 Å². The molecule has 0 bridgehead atoms. The number of aliphatic carboxylic acids is 1. The predicted octanol–water partition coefficient (Wildman–Crippen LogP) is 0.894. The summed E-state index contributed by atoms with van der Waals surface area (Å²) in [5.74, 6) is 0.382. The molecule has 2 aromatic heterocycles. The first-order valence-corrected chi connectivity index (χ1v) is 5.19. The van der Waals surface area contributed by atoms with E-state index in [-0.39, 0.29) is 6.42 Å². The van der Waals surface area contributed by atoms with Crippen LogP contribution in [0.5, 0.6) is 0 Å². The predicted molar refractivity (Wildman–Crippen MR) is 60.2 cm³/mol. The second kappa shape index (κ2) is 4.73. The minimum absolute atomic E-state index is 0.0382. The van der Waals surface area contributed by atoms with Gasteiger partial charge in [-0.2, -0.15) is 5.10 Å². The quantitative estimate of drug-likeness (QED) is 0.846. The summed E-state index contributed by atoms with van der Waals surface area (Å²) >= 11 is 0. The molecule has 0 radical (unpaired) electrons. The summed E-state index contributed by atoms with van der Waals surface area (Å²) in [7, 11) is 1.78. The van der Waals surface area contributed by atoms with Crippen LogP contribution in [0.15, 0.2) is 24.5 Å². The van der Waals surface area contributed by atoms with Crippen LogP contribution in [0, 0.1) is 0 Å². The zero-order chi connectivity index (χ0) is 12.3. The topological polar surface area (TPSA) is 80.9 Å². The molecule has 0 aliphatic rings. The van der Waals surface area contributed by atoms with Crippen LogP contribution in [0.25, 0.3) is 11.4 Å². The number of hydrogen-bond donors (Lipinski definition) is 1. The third-order valence-corrected chi connectivity index (χ3v) is 2.29. The molecule has 0 aliphatic carbocycles. The molecular weight excluding hydrogens is 220 g/mol. The van der Waals surface area contributed by atoms with Crippen LogP contribution in [0.3, 0.4) is 0 Å². The van der Waals surface area contributed by atoms with Gasteiger partial charge in [-0.3, -0.25) is 9.78 Å². The third-order valence-electron chi connectivity index (χ3n) is 2.29. The Hall–Kier alpha value is -2.24. The maximum Gasteiger partial charge on any atom is 0.303 e. The first-order chi connectivity index (χ1) is 8.16. The van der Waals surface area contributed by atoms with Crippen molar-refractivity contribution < 1.29 is 9.90 Å². The molecular formula is C11H12N4O2. The number of hydrogen-bond acceptors (Lipinski definition) is 4.